The zero-order valence-corrected chi connectivity index (χ0v) is 40.4. The number of carbonyl (C=O) groups excluding carboxylic acids is 2. The van der Waals surface area contributed by atoms with Crippen molar-refractivity contribution in [3.63, 3.8) is 0 Å². The zero-order chi connectivity index (χ0) is 45.6. The topological polar surface area (TPSA) is 172 Å². The zero-order valence-electron chi connectivity index (χ0n) is 39.5. The van der Waals surface area contributed by atoms with E-state index in [1.165, 1.54) is 141 Å². The number of rotatable bonds is 47. The Hall–Kier alpha value is -2.30. The Morgan fingerprint density at radius 1 is 0.484 bits per heavy atom. The average Bonchev–Trinajstić information content (AvgIpc) is 3.25. The van der Waals surface area contributed by atoms with Gasteiger partial charge in [-0.25, -0.2) is 4.57 Å². The second kappa shape index (κ2) is 45.3. The van der Waals surface area contributed by atoms with Gasteiger partial charge in [0.25, 0.3) is 0 Å². The standard InChI is InChI=1S/C50H92NO10P/c1-3-5-7-9-11-13-15-17-19-20-21-22-23-24-25-26-28-30-32-34-36-38-40-42-49(53)61-46(44-59-62(56,57)60-45-47(51)50(54)55)43-58-48(52)41-39-37-35-33-31-29-27-18-16-14-12-10-8-6-4-2/h14,16,26,28,34,36,46-47H,3-13,15,17-25,27,29-33,35,37-45,51H2,1-2H3,(H,54,55)(H,56,57)/b16-14+,28-26+,36-34+/t46-,47-/m0/s1. The van der Waals surface area contributed by atoms with Gasteiger partial charge < -0.3 is 25.2 Å². The van der Waals surface area contributed by atoms with Crippen LogP contribution in [0.15, 0.2) is 36.5 Å². The Labute approximate surface area is 378 Å². The first-order valence-electron chi connectivity index (χ1n) is 25.0. The third-order valence-electron chi connectivity index (χ3n) is 10.8. The predicted molar refractivity (Wildman–Crippen MR) is 254 cm³/mol. The molecule has 0 aliphatic rings. The molecule has 0 radical (unpaired) electrons. The predicted octanol–water partition coefficient (Wildman–Crippen LogP) is 14.0. The molecule has 1 unspecified atom stereocenters. The van der Waals surface area contributed by atoms with Crippen molar-refractivity contribution < 1.29 is 47.5 Å². The summed E-state index contributed by atoms with van der Waals surface area (Å²) in [5.74, 6) is -2.43. The van der Waals surface area contributed by atoms with Crippen LogP contribution in [-0.2, 0) is 37.5 Å². The number of carbonyl (C=O) groups is 3. The third kappa shape index (κ3) is 44.3. The van der Waals surface area contributed by atoms with Gasteiger partial charge in [0.2, 0.25) is 0 Å². The summed E-state index contributed by atoms with van der Waals surface area (Å²) in [6, 6.07) is -1.53. The average molecular weight is 898 g/mol. The van der Waals surface area contributed by atoms with Crippen LogP contribution in [0, 0.1) is 0 Å². The highest BCUT2D eigenvalue weighted by Gasteiger charge is 2.28. The van der Waals surface area contributed by atoms with Gasteiger partial charge in [-0.05, 0) is 70.6 Å². The van der Waals surface area contributed by atoms with Crippen LogP contribution in [0.25, 0.3) is 0 Å². The number of phosphoric acid groups is 1. The molecule has 3 atom stereocenters. The van der Waals surface area contributed by atoms with Crippen molar-refractivity contribution in [3.8, 4) is 0 Å². The molecule has 362 valence electrons. The number of aliphatic carboxylic acids is 1. The van der Waals surface area contributed by atoms with E-state index in [0.29, 0.717) is 19.3 Å². The summed E-state index contributed by atoms with van der Waals surface area (Å²) in [5, 5.41) is 8.91. The second-order valence-electron chi connectivity index (χ2n) is 16.9. The van der Waals surface area contributed by atoms with Crippen LogP contribution in [-0.4, -0.2) is 59.9 Å². The number of allylic oxidation sites excluding steroid dienone is 6. The number of nitrogens with two attached hydrogens (primary N) is 1. The molecule has 0 aliphatic heterocycles. The highest BCUT2D eigenvalue weighted by molar-refractivity contribution is 7.47. The lowest BCUT2D eigenvalue weighted by molar-refractivity contribution is -0.161. The molecule has 0 aromatic heterocycles. The summed E-state index contributed by atoms with van der Waals surface area (Å²) in [7, 11) is -4.73. The van der Waals surface area contributed by atoms with E-state index in [1.807, 2.05) is 6.08 Å². The molecule has 0 saturated heterocycles. The minimum Gasteiger partial charge on any atom is -0.480 e. The van der Waals surface area contributed by atoms with Gasteiger partial charge in [-0.3, -0.25) is 23.4 Å². The molecule has 0 bridgehead atoms. The highest BCUT2D eigenvalue weighted by Crippen LogP contribution is 2.43. The number of esters is 2. The number of phosphoric ester groups is 1. The van der Waals surface area contributed by atoms with Gasteiger partial charge in [0.15, 0.2) is 6.10 Å². The summed E-state index contributed by atoms with van der Waals surface area (Å²) in [6.45, 7) is 2.78. The molecule has 0 heterocycles. The second-order valence-corrected chi connectivity index (χ2v) is 18.4. The lowest BCUT2D eigenvalue weighted by Crippen LogP contribution is -2.34. The van der Waals surface area contributed by atoms with Crippen molar-refractivity contribution in [2.45, 2.75) is 244 Å². The molecule has 0 aromatic carbocycles. The minimum atomic E-state index is -4.73. The summed E-state index contributed by atoms with van der Waals surface area (Å²) < 4.78 is 32.7. The maximum absolute atomic E-state index is 12.7. The van der Waals surface area contributed by atoms with Crippen LogP contribution < -0.4 is 5.73 Å². The number of hydrogen-bond donors (Lipinski definition) is 3. The Morgan fingerprint density at radius 3 is 1.29 bits per heavy atom. The van der Waals surface area contributed by atoms with Crippen LogP contribution >= 0.6 is 7.82 Å². The number of carboxylic acid groups (broad SMARTS) is 1. The van der Waals surface area contributed by atoms with Gasteiger partial charge in [-0.15, -0.1) is 0 Å². The van der Waals surface area contributed by atoms with Crippen LogP contribution in [0.5, 0.6) is 0 Å². The quantitative estimate of drug-likeness (QED) is 0.0230. The largest absolute Gasteiger partial charge is 0.480 e. The SMILES string of the molecule is CCCCCC/C=C/CCCCCCCCCC(=O)OC[C@@H](COP(=O)(O)OC[C@H](N)C(=O)O)OC(=O)CCC/C=C/CC/C=C/CCCCCCCCCCCCCCCC. The first-order chi connectivity index (χ1) is 30.1. The van der Waals surface area contributed by atoms with Gasteiger partial charge >= 0.3 is 25.7 Å². The number of ether oxygens (including phenoxy) is 2. The molecule has 11 nitrogen and oxygen atoms in total. The third-order valence-corrected chi connectivity index (χ3v) is 11.8. The normalized spacial score (nSPS) is 13.9. The molecule has 4 N–H and O–H groups in total. The van der Waals surface area contributed by atoms with Crippen molar-refractivity contribution in [2.24, 2.45) is 5.73 Å². The van der Waals surface area contributed by atoms with Crippen molar-refractivity contribution in [1.82, 2.24) is 0 Å². The van der Waals surface area contributed by atoms with Gasteiger partial charge in [-0.2, -0.15) is 0 Å². The van der Waals surface area contributed by atoms with Crippen molar-refractivity contribution in [3.05, 3.63) is 36.5 Å². The van der Waals surface area contributed by atoms with Crippen LogP contribution in [0.1, 0.15) is 232 Å². The first-order valence-corrected chi connectivity index (χ1v) is 26.5. The molecular weight excluding hydrogens is 806 g/mol. The first kappa shape index (κ1) is 59.7. The Bertz CT molecular complexity index is 1190. The van der Waals surface area contributed by atoms with Crippen LogP contribution in [0.4, 0.5) is 0 Å². The lowest BCUT2D eigenvalue weighted by Gasteiger charge is -2.20. The van der Waals surface area contributed by atoms with E-state index in [2.05, 4.69) is 48.8 Å². The summed E-state index contributed by atoms with van der Waals surface area (Å²) in [5.41, 5.74) is 5.34. The maximum Gasteiger partial charge on any atom is 0.472 e. The van der Waals surface area contributed by atoms with E-state index in [4.69, 9.17) is 24.8 Å². The lowest BCUT2D eigenvalue weighted by atomic mass is 10.0. The fourth-order valence-electron chi connectivity index (χ4n) is 6.90. The van der Waals surface area contributed by atoms with Gasteiger partial charge in [-0.1, -0.05) is 185 Å². The molecule has 0 aromatic rings. The molecule has 62 heavy (non-hydrogen) atoms. The number of hydrogen-bond acceptors (Lipinski definition) is 9. The molecule has 12 heteroatoms. The van der Waals surface area contributed by atoms with Gasteiger partial charge in [0.1, 0.15) is 12.6 Å². The van der Waals surface area contributed by atoms with Crippen LogP contribution in [0.2, 0.25) is 0 Å². The van der Waals surface area contributed by atoms with Crippen molar-refractivity contribution in [1.29, 1.82) is 0 Å². The molecule has 0 rings (SSSR count). The Kier molecular flexibility index (Phi) is 43.6. The summed E-state index contributed by atoms with van der Waals surface area (Å²) in [6.07, 6.45) is 50.8. The molecule has 0 saturated carbocycles. The summed E-state index contributed by atoms with van der Waals surface area (Å²) >= 11 is 0. The van der Waals surface area contributed by atoms with Crippen molar-refractivity contribution in [2.75, 3.05) is 19.8 Å². The Balaban J connectivity index is 4.30. The molecule has 0 fully saturated rings. The number of unbranched alkanes of at least 4 members (excludes halogenated alkanes) is 27. The van der Waals surface area contributed by atoms with Crippen LogP contribution in [0.3, 0.4) is 0 Å². The van der Waals surface area contributed by atoms with E-state index >= 15 is 0 Å². The molecule has 0 spiro atoms. The molecule has 0 amide bonds. The van der Waals surface area contributed by atoms with E-state index in [-0.39, 0.29) is 19.4 Å². The highest BCUT2D eigenvalue weighted by atomic mass is 31.2. The summed E-state index contributed by atoms with van der Waals surface area (Å²) in [4.78, 5) is 46.1. The fourth-order valence-corrected chi connectivity index (χ4v) is 7.68. The van der Waals surface area contributed by atoms with E-state index in [9.17, 15) is 23.8 Å². The molecular formula is C50H92NO10P. The minimum absolute atomic E-state index is 0.102. The smallest absolute Gasteiger partial charge is 0.472 e. The Morgan fingerprint density at radius 2 is 0.839 bits per heavy atom. The van der Waals surface area contributed by atoms with E-state index in [1.54, 1.807) is 0 Å². The van der Waals surface area contributed by atoms with Gasteiger partial charge in [0.05, 0.1) is 13.2 Å². The van der Waals surface area contributed by atoms with Gasteiger partial charge in [0, 0.05) is 12.8 Å². The molecule has 0 aliphatic carbocycles. The van der Waals surface area contributed by atoms with Crippen molar-refractivity contribution >= 4 is 25.7 Å². The maximum atomic E-state index is 12.7. The fraction of sp³-hybridized carbons (Fsp3) is 0.820. The number of carboxylic acids is 1. The van der Waals surface area contributed by atoms with E-state index < -0.39 is 51.1 Å². The van der Waals surface area contributed by atoms with E-state index in [0.717, 1.165) is 44.9 Å². The monoisotopic (exact) mass is 898 g/mol.